The topological polar surface area (TPSA) is 8.81 Å². The van der Waals surface area contributed by atoms with Gasteiger partial charge in [-0.1, -0.05) is 91.8 Å². The second kappa shape index (κ2) is 10.8. The first kappa shape index (κ1) is 27.3. The van der Waals surface area contributed by atoms with Crippen molar-refractivity contribution in [3.8, 4) is 11.4 Å². The Morgan fingerprint density at radius 3 is 1.60 bits per heavy atom. The molecule has 1 aromatic heterocycles. The molecule has 0 spiro atoms. The molecule has 0 unspecified atom stereocenters. The highest BCUT2D eigenvalue weighted by atomic mass is 15.2. The van der Waals surface area contributed by atoms with Crippen LogP contribution >= 0.6 is 0 Å². The van der Waals surface area contributed by atoms with E-state index in [1.54, 1.807) is 0 Å². The maximum atomic E-state index is 2.57. The Balaban J connectivity index is 2.40. The molecule has 0 radical (unpaired) electrons. The van der Waals surface area contributed by atoms with Gasteiger partial charge in [-0.15, -0.1) is 0 Å². The Kier molecular flexibility index (Phi) is 8.42. The molecule has 3 aromatic rings. The van der Waals surface area contributed by atoms with Crippen LogP contribution in [0.3, 0.4) is 0 Å². The van der Waals surface area contributed by atoms with Crippen LogP contribution in [0.25, 0.3) is 11.4 Å². The number of rotatable bonds is 9. The molecule has 3 rings (SSSR count). The zero-order valence-electron chi connectivity index (χ0n) is 23.5. The molecule has 0 fully saturated rings. The molecule has 190 valence electrons. The van der Waals surface area contributed by atoms with E-state index >= 15 is 0 Å². The summed E-state index contributed by atoms with van der Waals surface area (Å²) >= 11 is 0. The van der Waals surface area contributed by atoms with Gasteiger partial charge in [-0.2, -0.15) is 0 Å². The molecular formula is C30H49B2N3. The molecule has 3 nitrogen and oxygen atoms in total. The quantitative estimate of drug-likeness (QED) is 0.299. The fourth-order valence-corrected chi connectivity index (χ4v) is 5.21. The Hall–Kier alpha value is -2.26. The summed E-state index contributed by atoms with van der Waals surface area (Å²) in [4.78, 5) is 0. The summed E-state index contributed by atoms with van der Waals surface area (Å²) in [6.45, 7) is 18.7. The van der Waals surface area contributed by atoms with E-state index < -0.39 is 0 Å². The standard InChI is InChI=1S/C30H49B2N3/c1-20(2)24-13-11-14-25(21(3)4)29(24)33-17-18-34(28(33)19-32-35(9,10)31)30-26(22(5)6)15-12-16-27(30)23(7)8/h11-18,20-23H,19,32H2,1-10,31H3. The first-order valence-electron chi connectivity index (χ1n) is 13.4. The highest BCUT2D eigenvalue weighted by Crippen LogP contribution is 2.33. The molecule has 0 aliphatic carbocycles. The van der Waals surface area contributed by atoms with Gasteiger partial charge in [-0.25, -0.2) is 9.13 Å². The maximum Gasteiger partial charge on any atom is 0.236 e. The van der Waals surface area contributed by atoms with E-state index in [1.165, 1.54) is 50.1 Å². The third kappa shape index (κ3) is 5.94. The van der Waals surface area contributed by atoms with Gasteiger partial charge in [0.2, 0.25) is 5.82 Å². The highest BCUT2D eigenvalue weighted by Gasteiger charge is 2.29. The van der Waals surface area contributed by atoms with Crippen molar-refractivity contribution < 1.29 is 8.87 Å². The molecule has 0 amide bonds. The normalized spacial score (nSPS) is 12.5. The fraction of sp³-hybridized carbons (Fsp3) is 0.500. The molecule has 0 N–H and O–H groups in total. The van der Waals surface area contributed by atoms with Gasteiger partial charge >= 0.3 is 0 Å². The van der Waals surface area contributed by atoms with E-state index in [4.69, 9.17) is 0 Å². The summed E-state index contributed by atoms with van der Waals surface area (Å²) in [5, 5.41) is 0. The number of aromatic nitrogens is 2. The predicted octanol–water partition coefficient (Wildman–Crippen LogP) is 5.19. The molecular weight excluding hydrogens is 424 g/mol. The number of para-hydroxylation sites is 2. The third-order valence-corrected chi connectivity index (χ3v) is 7.19. The zero-order chi connectivity index (χ0) is 26.1. The van der Waals surface area contributed by atoms with Crippen LogP contribution in [0.15, 0.2) is 48.8 Å². The molecule has 0 bridgehead atoms. The van der Waals surface area contributed by atoms with Gasteiger partial charge in [0.05, 0.1) is 0 Å². The molecule has 0 atom stereocenters. The van der Waals surface area contributed by atoms with Crippen molar-refractivity contribution in [3.05, 3.63) is 76.9 Å². The van der Waals surface area contributed by atoms with Crippen LogP contribution in [0.4, 0.5) is 0 Å². The third-order valence-electron chi connectivity index (χ3n) is 7.19. The van der Waals surface area contributed by atoms with Crippen molar-refractivity contribution in [2.24, 2.45) is 0 Å². The number of nitrogens with zero attached hydrogens (tertiary/aromatic N) is 3. The number of imidazole rings is 1. The Morgan fingerprint density at radius 2 is 1.20 bits per heavy atom. The Bertz CT molecular complexity index is 1020. The summed E-state index contributed by atoms with van der Waals surface area (Å²) in [7, 11) is 5.04. The molecule has 2 aromatic carbocycles. The maximum absolute atomic E-state index is 2.57. The summed E-state index contributed by atoms with van der Waals surface area (Å²) in [5.74, 6) is 3.38. The molecule has 0 aliphatic heterocycles. The van der Waals surface area contributed by atoms with Crippen LogP contribution in [-0.4, -0.2) is 38.4 Å². The largest absolute Gasteiger partial charge is 0.738 e. The highest BCUT2D eigenvalue weighted by molar-refractivity contribution is 6.32. The summed E-state index contributed by atoms with van der Waals surface area (Å²) < 4.78 is 6.47. The van der Waals surface area contributed by atoms with Gasteiger partial charge in [0, 0.05) is 22.3 Å². The van der Waals surface area contributed by atoms with Crippen LogP contribution in [0, 0.1) is 0 Å². The van der Waals surface area contributed by atoms with Crippen molar-refractivity contribution in [2.75, 3.05) is 14.1 Å². The first-order valence-corrected chi connectivity index (χ1v) is 13.4. The monoisotopic (exact) mass is 473 g/mol. The molecule has 0 saturated heterocycles. The van der Waals surface area contributed by atoms with Gasteiger partial charge in [0.15, 0.2) is 7.41 Å². The number of hydrogen-bond donors (Lipinski definition) is 0. The lowest BCUT2D eigenvalue weighted by molar-refractivity contribution is -0.650. The van der Waals surface area contributed by atoms with Crippen molar-refractivity contribution in [2.45, 2.75) is 85.4 Å². The van der Waals surface area contributed by atoms with Gasteiger partial charge < -0.3 is 4.31 Å². The summed E-state index contributed by atoms with van der Waals surface area (Å²) in [6.07, 6.45) is 5.91. The van der Waals surface area contributed by atoms with Crippen molar-refractivity contribution >= 4 is 15.4 Å². The molecule has 35 heavy (non-hydrogen) atoms. The summed E-state index contributed by atoms with van der Waals surface area (Å²) in [6, 6.07) is 13.9. The van der Waals surface area contributed by atoms with E-state index in [-0.39, 0.29) is 15.4 Å². The average Bonchev–Trinajstić information content (AvgIpc) is 3.19. The lowest BCUT2D eigenvalue weighted by Gasteiger charge is -2.44. The Labute approximate surface area is 216 Å². The van der Waals surface area contributed by atoms with Crippen LogP contribution in [-0.2, 0) is 6.32 Å². The lowest BCUT2D eigenvalue weighted by Crippen LogP contribution is -2.45. The molecule has 5 heteroatoms. The number of quaternary nitrogens is 1. The minimum Gasteiger partial charge on any atom is -0.738 e. The average molecular weight is 473 g/mol. The second-order valence-corrected chi connectivity index (χ2v) is 11.7. The van der Waals surface area contributed by atoms with Crippen molar-refractivity contribution in [1.82, 2.24) is 4.57 Å². The van der Waals surface area contributed by atoms with E-state index in [1.807, 2.05) is 0 Å². The predicted molar refractivity (Wildman–Crippen MR) is 158 cm³/mol. The zero-order valence-corrected chi connectivity index (χ0v) is 23.5. The van der Waals surface area contributed by atoms with E-state index in [2.05, 4.69) is 127 Å². The van der Waals surface area contributed by atoms with Gasteiger partial charge in [-0.3, -0.25) is 0 Å². The fourth-order valence-electron chi connectivity index (χ4n) is 5.21. The van der Waals surface area contributed by atoms with E-state index in [9.17, 15) is 0 Å². The van der Waals surface area contributed by atoms with Crippen molar-refractivity contribution in [3.63, 3.8) is 0 Å². The number of benzene rings is 2. The van der Waals surface area contributed by atoms with Gasteiger partial charge in [-0.05, 0) is 44.1 Å². The van der Waals surface area contributed by atoms with Crippen LogP contribution in [0.2, 0.25) is 0 Å². The summed E-state index contributed by atoms with van der Waals surface area (Å²) in [5.41, 5.74) is 8.64. The minimum atomic E-state index is -0.144. The first-order chi connectivity index (χ1) is 16.3. The van der Waals surface area contributed by atoms with Crippen LogP contribution < -0.4 is 4.57 Å². The van der Waals surface area contributed by atoms with Gasteiger partial charge in [0.25, 0.3) is 0 Å². The smallest absolute Gasteiger partial charge is 0.236 e. The van der Waals surface area contributed by atoms with E-state index in [0.29, 0.717) is 23.7 Å². The number of hydrogen-bond acceptors (Lipinski definition) is 0. The molecule has 1 heterocycles. The van der Waals surface area contributed by atoms with Crippen molar-refractivity contribution in [1.29, 1.82) is 0 Å². The van der Waals surface area contributed by atoms with Gasteiger partial charge in [0.1, 0.15) is 31.7 Å². The SMILES string of the molecule is [BH3-][N+](C)(C)[BH2-]Cc1n(-c2c(C(C)C)cccc2C(C)C)cc[n+]1-c1c(C(C)C)cccc1C(C)C. The molecule has 0 saturated carbocycles. The molecule has 0 aliphatic rings. The van der Waals surface area contributed by atoms with Crippen LogP contribution in [0.1, 0.15) is 107 Å². The van der Waals surface area contributed by atoms with E-state index in [0.717, 1.165) is 0 Å². The Morgan fingerprint density at radius 1 is 0.771 bits per heavy atom. The minimum absolute atomic E-state index is 0.144. The second-order valence-electron chi connectivity index (χ2n) is 11.7. The lowest BCUT2D eigenvalue weighted by atomic mass is 9.79. The van der Waals surface area contributed by atoms with Crippen LogP contribution in [0.5, 0.6) is 0 Å².